The molecule has 0 bridgehead atoms. The highest BCUT2D eigenvalue weighted by Gasteiger charge is 2.14. The number of Topliss-reactive ketones (excluding diaryl/α,β-unsaturated/α-hetero) is 1. The molecule has 5 nitrogen and oxygen atoms in total. The van der Waals surface area contributed by atoms with E-state index in [9.17, 15) is 9.59 Å². The number of nitrogens with one attached hydrogen (secondary N) is 1. The minimum atomic E-state index is -0.536. The van der Waals surface area contributed by atoms with Crippen molar-refractivity contribution in [2.24, 2.45) is 17.4 Å². The molecule has 0 aromatic heterocycles. The fourth-order valence-electron chi connectivity index (χ4n) is 1.15. The normalized spacial score (nSPS) is 12.6. The van der Waals surface area contributed by atoms with Crippen molar-refractivity contribution in [1.29, 1.82) is 0 Å². The number of hydrogen-bond acceptors (Lipinski definition) is 4. The van der Waals surface area contributed by atoms with Gasteiger partial charge in [0.2, 0.25) is 5.91 Å². The van der Waals surface area contributed by atoms with Gasteiger partial charge in [0.25, 0.3) is 0 Å². The average molecular weight is 229 g/mol. The van der Waals surface area contributed by atoms with E-state index in [4.69, 9.17) is 11.5 Å². The molecule has 0 unspecified atom stereocenters. The van der Waals surface area contributed by atoms with Gasteiger partial charge in [-0.1, -0.05) is 20.3 Å². The Hall–Kier alpha value is -0.940. The van der Waals surface area contributed by atoms with E-state index in [1.165, 1.54) is 0 Å². The van der Waals surface area contributed by atoms with Gasteiger partial charge in [-0.05, 0) is 19.4 Å². The first kappa shape index (κ1) is 15.1. The standard InChI is InChI=1S/C11H23N3O2/c1-8(2)10(15)7-14-11(16)9(13)5-3-4-6-12/h8-9H,3-7,12-13H2,1-2H3,(H,14,16)/t9-/m0/s1. The number of nitrogens with two attached hydrogens (primary N) is 2. The fourth-order valence-corrected chi connectivity index (χ4v) is 1.15. The van der Waals surface area contributed by atoms with Gasteiger partial charge in [-0.25, -0.2) is 0 Å². The molecule has 0 radical (unpaired) electrons. The lowest BCUT2D eigenvalue weighted by molar-refractivity contribution is -0.127. The Kier molecular flexibility index (Phi) is 7.76. The van der Waals surface area contributed by atoms with E-state index in [1.54, 1.807) is 13.8 Å². The van der Waals surface area contributed by atoms with Gasteiger partial charge in [-0.15, -0.1) is 0 Å². The molecule has 0 fully saturated rings. The van der Waals surface area contributed by atoms with Crippen molar-refractivity contribution in [1.82, 2.24) is 5.32 Å². The van der Waals surface area contributed by atoms with Crippen LogP contribution in [0.3, 0.4) is 0 Å². The Morgan fingerprint density at radius 1 is 1.25 bits per heavy atom. The van der Waals surface area contributed by atoms with Crippen LogP contribution in [0.25, 0.3) is 0 Å². The lowest BCUT2D eigenvalue weighted by Gasteiger charge is -2.12. The van der Waals surface area contributed by atoms with Crippen LogP contribution in [0.15, 0.2) is 0 Å². The molecule has 1 amide bonds. The first-order valence-corrected chi connectivity index (χ1v) is 5.75. The van der Waals surface area contributed by atoms with E-state index < -0.39 is 6.04 Å². The maximum Gasteiger partial charge on any atom is 0.237 e. The van der Waals surface area contributed by atoms with E-state index in [1.807, 2.05) is 0 Å². The van der Waals surface area contributed by atoms with Crippen LogP contribution >= 0.6 is 0 Å². The summed E-state index contributed by atoms with van der Waals surface area (Å²) in [5.74, 6) is -0.303. The van der Waals surface area contributed by atoms with Crippen LogP contribution in [-0.2, 0) is 9.59 Å². The number of rotatable bonds is 8. The Morgan fingerprint density at radius 3 is 2.38 bits per heavy atom. The summed E-state index contributed by atoms with van der Waals surface area (Å²) in [5, 5.41) is 2.55. The summed E-state index contributed by atoms with van der Waals surface area (Å²) in [5.41, 5.74) is 11.0. The number of amides is 1. The minimum absolute atomic E-state index is 0.0162. The fraction of sp³-hybridized carbons (Fsp3) is 0.818. The zero-order valence-corrected chi connectivity index (χ0v) is 10.2. The van der Waals surface area contributed by atoms with Gasteiger partial charge in [0, 0.05) is 5.92 Å². The Labute approximate surface area is 96.9 Å². The predicted octanol–water partition coefficient (Wildman–Crippen LogP) is -0.216. The molecule has 0 aromatic rings. The van der Waals surface area contributed by atoms with Crippen LogP contribution in [-0.4, -0.2) is 30.8 Å². The van der Waals surface area contributed by atoms with Crippen molar-refractivity contribution in [2.45, 2.75) is 39.2 Å². The third kappa shape index (κ3) is 6.53. The van der Waals surface area contributed by atoms with Gasteiger partial charge < -0.3 is 16.8 Å². The summed E-state index contributed by atoms with van der Waals surface area (Å²) in [7, 11) is 0. The van der Waals surface area contributed by atoms with Crippen LogP contribution in [0.1, 0.15) is 33.1 Å². The summed E-state index contributed by atoms with van der Waals surface area (Å²) >= 11 is 0. The first-order valence-electron chi connectivity index (χ1n) is 5.75. The topological polar surface area (TPSA) is 98.2 Å². The lowest BCUT2D eigenvalue weighted by Crippen LogP contribution is -2.43. The molecule has 16 heavy (non-hydrogen) atoms. The molecule has 94 valence electrons. The number of ketones is 1. The third-order valence-corrected chi connectivity index (χ3v) is 2.39. The minimum Gasteiger partial charge on any atom is -0.348 e. The van der Waals surface area contributed by atoms with Gasteiger partial charge in [0.1, 0.15) is 0 Å². The molecule has 0 aliphatic carbocycles. The van der Waals surface area contributed by atoms with Crippen molar-refractivity contribution in [3.05, 3.63) is 0 Å². The van der Waals surface area contributed by atoms with Gasteiger partial charge in [0.15, 0.2) is 5.78 Å². The molecule has 0 heterocycles. The third-order valence-electron chi connectivity index (χ3n) is 2.39. The highest BCUT2D eigenvalue weighted by atomic mass is 16.2. The van der Waals surface area contributed by atoms with Crippen molar-refractivity contribution in [3.8, 4) is 0 Å². The van der Waals surface area contributed by atoms with Crippen LogP contribution in [0, 0.1) is 5.92 Å². The Bertz CT molecular complexity index is 229. The summed E-state index contributed by atoms with van der Waals surface area (Å²) < 4.78 is 0. The molecule has 0 saturated heterocycles. The molecule has 0 aliphatic rings. The number of unbranched alkanes of at least 4 members (excludes halogenated alkanes) is 1. The van der Waals surface area contributed by atoms with Gasteiger partial charge in [-0.3, -0.25) is 9.59 Å². The first-order chi connectivity index (χ1) is 7.49. The molecule has 0 spiro atoms. The maximum absolute atomic E-state index is 11.4. The van der Waals surface area contributed by atoms with E-state index >= 15 is 0 Å². The Balaban J connectivity index is 3.75. The quantitative estimate of drug-likeness (QED) is 0.501. The molecule has 0 saturated carbocycles. The highest BCUT2D eigenvalue weighted by molar-refractivity contribution is 5.88. The number of carbonyl (C=O) groups is 2. The molecule has 1 atom stereocenters. The second kappa shape index (κ2) is 8.24. The smallest absolute Gasteiger partial charge is 0.237 e. The van der Waals surface area contributed by atoms with Crippen LogP contribution in [0.2, 0.25) is 0 Å². The largest absolute Gasteiger partial charge is 0.348 e. The average Bonchev–Trinajstić information content (AvgIpc) is 2.25. The van der Waals surface area contributed by atoms with E-state index in [2.05, 4.69) is 5.32 Å². The zero-order valence-electron chi connectivity index (χ0n) is 10.2. The SMILES string of the molecule is CC(C)C(=O)CNC(=O)[C@@H](N)CCCCN. The summed E-state index contributed by atoms with van der Waals surface area (Å²) in [6.45, 7) is 4.28. The van der Waals surface area contributed by atoms with E-state index in [-0.39, 0.29) is 24.2 Å². The predicted molar refractivity (Wildman–Crippen MR) is 63.7 cm³/mol. The van der Waals surface area contributed by atoms with E-state index in [0.717, 1.165) is 12.8 Å². The van der Waals surface area contributed by atoms with Crippen molar-refractivity contribution < 1.29 is 9.59 Å². The zero-order chi connectivity index (χ0) is 12.6. The van der Waals surface area contributed by atoms with Crippen molar-refractivity contribution >= 4 is 11.7 Å². The van der Waals surface area contributed by atoms with Crippen LogP contribution in [0.5, 0.6) is 0 Å². The number of hydrogen-bond donors (Lipinski definition) is 3. The van der Waals surface area contributed by atoms with Crippen molar-refractivity contribution in [3.63, 3.8) is 0 Å². The van der Waals surface area contributed by atoms with Crippen LogP contribution in [0.4, 0.5) is 0 Å². The molecule has 5 N–H and O–H groups in total. The van der Waals surface area contributed by atoms with Gasteiger partial charge in [-0.2, -0.15) is 0 Å². The van der Waals surface area contributed by atoms with Gasteiger partial charge in [0.05, 0.1) is 12.6 Å². The molecule has 0 aliphatic heterocycles. The highest BCUT2D eigenvalue weighted by Crippen LogP contribution is 1.98. The Morgan fingerprint density at radius 2 is 1.88 bits per heavy atom. The summed E-state index contributed by atoms with van der Waals surface area (Å²) in [6, 6.07) is -0.536. The van der Waals surface area contributed by atoms with E-state index in [0.29, 0.717) is 13.0 Å². The molecule has 0 rings (SSSR count). The monoisotopic (exact) mass is 229 g/mol. The molecule has 0 aromatic carbocycles. The second-order valence-corrected chi connectivity index (χ2v) is 4.23. The second-order valence-electron chi connectivity index (χ2n) is 4.23. The van der Waals surface area contributed by atoms with Crippen molar-refractivity contribution in [2.75, 3.05) is 13.1 Å². The van der Waals surface area contributed by atoms with Gasteiger partial charge >= 0.3 is 0 Å². The summed E-state index contributed by atoms with van der Waals surface area (Å²) in [4.78, 5) is 22.7. The van der Waals surface area contributed by atoms with Crippen LogP contribution < -0.4 is 16.8 Å². The molecule has 5 heteroatoms. The summed E-state index contributed by atoms with van der Waals surface area (Å²) in [6.07, 6.45) is 2.31. The molecular formula is C11H23N3O2. The maximum atomic E-state index is 11.4. The molecular weight excluding hydrogens is 206 g/mol. The number of carbonyl (C=O) groups excluding carboxylic acids is 2. The lowest BCUT2D eigenvalue weighted by atomic mass is 10.1.